The highest BCUT2D eigenvalue weighted by Crippen LogP contribution is 2.38. The molecule has 5 rings (SSSR count). The fourth-order valence-corrected chi connectivity index (χ4v) is 6.21. The van der Waals surface area contributed by atoms with Crippen LogP contribution in [-0.2, 0) is 11.2 Å². The van der Waals surface area contributed by atoms with Gasteiger partial charge in [-0.15, -0.1) is 11.3 Å². The van der Waals surface area contributed by atoms with Gasteiger partial charge in [-0.3, -0.25) is 9.59 Å². The van der Waals surface area contributed by atoms with Gasteiger partial charge in [0, 0.05) is 21.6 Å². The summed E-state index contributed by atoms with van der Waals surface area (Å²) in [6, 6.07) is 9.88. The van der Waals surface area contributed by atoms with E-state index in [0.29, 0.717) is 16.8 Å². The number of rotatable bonds is 7. The third-order valence-corrected chi connectivity index (χ3v) is 8.47. The van der Waals surface area contributed by atoms with Gasteiger partial charge in [0.2, 0.25) is 5.91 Å². The molecule has 2 aromatic rings. The van der Waals surface area contributed by atoms with Crippen LogP contribution in [0.4, 0.5) is 5.69 Å². The molecule has 2 saturated carbocycles. The van der Waals surface area contributed by atoms with Gasteiger partial charge < -0.3 is 16.0 Å². The third kappa shape index (κ3) is 4.96. The van der Waals surface area contributed by atoms with Gasteiger partial charge >= 0.3 is 0 Å². The molecule has 5 nitrogen and oxygen atoms in total. The number of hydrogen-bond acceptors (Lipinski definition) is 4. The van der Waals surface area contributed by atoms with E-state index in [1.807, 2.05) is 24.3 Å². The number of fused-ring (bicyclic) bond motifs is 1. The van der Waals surface area contributed by atoms with Gasteiger partial charge in [-0.25, -0.2) is 0 Å². The summed E-state index contributed by atoms with van der Waals surface area (Å²) in [5.41, 5.74) is 2.23. The van der Waals surface area contributed by atoms with Crippen LogP contribution in [0.25, 0.3) is 0 Å². The molecule has 3 aliphatic rings. The van der Waals surface area contributed by atoms with Crippen LogP contribution in [0.2, 0.25) is 5.02 Å². The van der Waals surface area contributed by atoms with E-state index in [9.17, 15) is 9.59 Å². The molecule has 0 unspecified atom stereocenters. The van der Waals surface area contributed by atoms with E-state index < -0.39 is 6.04 Å². The number of amides is 2. The first kappa shape index (κ1) is 21.8. The Kier molecular flexibility index (Phi) is 6.42. The Balaban J connectivity index is 1.25. The molecule has 170 valence electrons. The molecule has 2 heterocycles. The number of thiophene rings is 1. The molecule has 2 amide bonds. The van der Waals surface area contributed by atoms with E-state index in [0.717, 1.165) is 66.1 Å². The monoisotopic (exact) mass is 471 g/mol. The molecule has 0 radical (unpaired) electrons. The average Bonchev–Trinajstić information content (AvgIpc) is 3.25. The van der Waals surface area contributed by atoms with Crippen LogP contribution in [0.1, 0.15) is 77.5 Å². The smallest absolute Gasteiger partial charge is 0.262 e. The maximum Gasteiger partial charge on any atom is 0.262 e. The molecule has 2 fully saturated rings. The van der Waals surface area contributed by atoms with Gasteiger partial charge in [0.1, 0.15) is 6.04 Å². The normalized spacial score (nSPS) is 21.5. The Labute approximate surface area is 198 Å². The summed E-state index contributed by atoms with van der Waals surface area (Å²) in [4.78, 5) is 27.7. The first-order chi connectivity index (χ1) is 15.6. The fraction of sp³-hybridized carbons (Fsp3) is 0.520. The minimum absolute atomic E-state index is 0.0213. The molecule has 2 aliphatic carbocycles. The van der Waals surface area contributed by atoms with E-state index in [2.05, 4.69) is 22.0 Å². The van der Waals surface area contributed by atoms with Crippen LogP contribution >= 0.6 is 22.9 Å². The van der Waals surface area contributed by atoms with Crippen molar-refractivity contribution in [2.24, 2.45) is 5.92 Å². The van der Waals surface area contributed by atoms with Crippen LogP contribution in [0.3, 0.4) is 0 Å². The fourth-order valence-electron chi connectivity index (χ4n) is 4.94. The zero-order valence-corrected chi connectivity index (χ0v) is 19.7. The standard InChI is InChI=1S/C25H30ClN3O2S/c26-18-6-3-7-19-17(18)10-11-20(28-19)22-12-13-23(32-22)25(31)29-21(14-15-4-1-2-5-15)24(30)27-16-8-9-16/h3,6-7,12-13,15-16,20-21,28H,1-2,4-5,8-11,14H2,(H,27,30)(H,29,31)/t20-,21+/m1/s1. The molecular weight excluding hydrogens is 442 g/mol. The van der Waals surface area contributed by atoms with Crippen molar-refractivity contribution >= 4 is 40.4 Å². The van der Waals surface area contributed by atoms with Gasteiger partial charge in [0.25, 0.3) is 5.91 Å². The third-order valence-electron chi connectivity index (χ3n) is 6.91. The summed E-state index contributed by atoms with van der Waals surface area (Å²) in [5, 5.41) is 10.5. The summed E-state index contributed by atoms with van der Waals surface area (Å²) >= 11 is 7.84. The van der Waals surface area contributed by atoms with Crippen molar-refractivity contribution in [1.82, 2.24) is 10.6 Å². The number of anilines is 1. The second-order valence-electron chi connectivity index (χ2n) is 9.40. The lowest BCUT2D eigenvalue weighted by Crippen LogP contribution is -2.48. The van der Waals surface area contributed by atoms with Gasteiger partial charge in [0.05, 0.1) is 10.9 Å². The predicted octanol–water partition coefficient (Wildman–Crippen LogP) is 5.46. The Hall–Kier alpha value is -2.05. The molecule has 0 saturated heterocycles. The SMILES string of the molecule is O=C(N[C@@H](CC1CCCC1)C(=O)NC1CC1)c1ccc([C@H]2CCc3c(Cl)cccc3N2)s1. The van der Waals surface area contributed by atoms with Crippen molar-refractivity contribution in [3.63, 3.8) is 0 Å². The first-order valence-electron chi connectivity index (χ1n) is 11.8. The maximum atomic E-state index is 13.1. The second kappa shape index (κ2) is 9.44. The summed E-state index contributed by atoms with van der Waals surface area (Å²) < 4.78 is 0. The summed E-state index contributed by atoms with van der Waals surface area (Å²) in [6.07, 6.45) is 9.46. The van der Waals surface area contributed by atoms with E-state index >= 15 is 0 Å². The van der Waals surface area contributed by atoms with Gasteiger partial charge in [-0.2, -0.15) is 0 Å². The minimum atomic E-state index is -0.446. The molecular formula is C25H30ClN3O2S. The van der Waals surface area contributed by atoms with Crippen LogP contribution in [0.5, 0.6) is 0 Å². The maximum absolute atomic E-state index is 13.1. The Morgan fingerprint density at radius 2 is 1.91 bits per heavy atom. The molecule has 0 bridgehead atoms. The predicted molar refractivity (Wildman–Crippen MR) is 129 cm³/mol. The molecule has 1 aromatic carbocycles. The zero-order valence-electron chi connectivity index (χ0n) is 18.2. The molecule has 1 aliphatic heterocycles. The quantitative estimate of drug-likeness (QED) is 0.502. The molecule has 32 heavy (non-hydrogen) atoms. The van der Waals surface area contributed by atoms with E-state index in [1.54, 1.807) is 0 Å². The lowest BCUT2D eigenvalue weighted by molar-refractivity contribution is -0.123. The van der Waals surface area contributed by atoms with E-state index in [-0.39, 0.29) is 17.9 Å². The van der Waals surface area contributed by atoms with Crippen LogP contribution in [0, 0.1) is 5.92 Å². The van der Waals surface area contributed by atoms with Crippen molar-refractivity contribution in [2.75, 3.05) is 5.32 Å². The molecule has 3 N–H and O–H groups in total. The van der Waals surface area contributed by atoms with Crippen molar-refractivity contribution in [2.45, 2.75) is 75.9 Å². The van der Waals surface area contributed by atoms with Crippen LogP contribution < -0.4 is 16.0 Å². The molecule has 7 heteroatoms. The number of hydrogen-bond donors (Lipinski definition) is 3. The zero-order chi connectivity index (χ0) is 22.1. The van der Waals surface area contributed by atoms with E-state index in [1.165, 1.54) is 24.2 Å². The highest BCUT2D eigenvalue weighted by Gasteiger charge is 2.31. The summed E-state index contributed by atoms with van der Waals surface area (Å²) in [6.45, 7) is 0. The summed E-state index contributed by atoms with van der Waals surface area (Å²) in [7, 11) is 0. The number of carbonyl (C=O) groups is 2. The Bertz CT molecular complexity index is 997. The van der Waals surface area contributed by atoms with Crippen molar-refractivity contribution in [3.05, 3.63) is 50.7 Å². The summed E-state index contributed by atoms with van der Waals surface area (Å²) in [5.74, 6) is 0.365. The van der Waals surface area contributed by atoms with E-state index in [4.69, 9.17) is 11.6 Å². The topological polar surface area (TPSA) is 70.2 Å². The average molecular weight is 472 g/mol. The van der Waals surface area contributed by atoms with Crippen molar-refractivity contribution < 1.29 is 9.59 Å². The van der Waals surface area contributed by atoms with Crippen LogP contribution in [-0.4, -0.2) is 23.9 Å². The number of nitrogens with one attached hydrogen (secondary N) is 3. The van der Waals surface area contributed by atoms with Gasteiger partial charge in [-0.1, -0.05) is 43.4 Å². The second-order valence-corrected chi connectivity index (χ2v) is 10.9. The number of carbonyl (C=O) groups excluding carboxylic acids is 2. The number of halogens is 1. The molecule has 2 atom stereocenters. The minimum Gasteiger partial charge on any atom is -0.377 e. The Morgan fingerprint density at radius 3 is 2.69 bits per heavy atom. The largest absolute Gasteiger partial charge is 0.377 e. The van der Waals surface area contributed by atoms with Crippen molar-refractivity contribution in [3.8, 4) is 0 Å². The molecule has 1 aromatic heterocycles. The lowest BCUT2D eigenvalue weighted by Gasteiger charge is -2.27. The highest BCUT2D eigenvalue weighted by molar-refractivity contribution is 7.14. The highest BCUT2D eigenvalue weighted by atomic mass is 35.5. The van der Waals surface area contributed by atoms with Gasteiger partial charge in [0.15, 0.2) is 0 Å². The Morgan fingerprint density at radius 1 is 1.09 bits per heavy atom. The lowest BCUT2D eigenvalue weighted by atomic mass is 9.97. The number of benzene rings is 1. The molecule has 0 spiro atoms. The van der Waals surface area contributed by atoms with Crippen LogP contribution in [0.15, 0.2) is 30.3 Å². The van der Waals surface area contributed by atoms with Crippen molar-refractivity contribution in [1.29, 1.82) is 0 Å². The first-order valence-corrected chi connectivity index (χ1v) is 13.0. The van der Waals surface area contributed by atoms with Gasteiger partial charge in [-0.05, 0) is 67.9 Å².